The van der Waals surface area contributed by atoms with Crippen molar-refractivity contribution in [1.29, 1.82) is 0 Å². The van der Waals surface area contributed by atoms with Crippen LogP contribution in [0.25, 0.3) is 0 Å². The zero-order valence-corrected chi connectivity index (χ0v) is 11.5. The van der Waals surface area contributed by atoms with Gasteiger partial charge in [-0.15, -0.1) is 0 Å². The van der Waals surface area contributed by atoms with Gasteiger partial charge in [0.1, 0.15) is 0 Å². The third-order valence-electron chi connectivity index (χ3n) is 3.05. The van der Waals surface area contributed by atoms with Crippen molar-refractivity contribution in [2.24, 2.45) is 0 Å². The predicted octanol–water partition coefficient (Wildman–Crippen LogP) is 1.69. The molecule has 4 unspecified atom stereocenters. The smallest absolute Gasteiger partial charge is 0.0590 e. The van der Waals surface area contributed by atoms with Crippen molar-refractivity contribution in [3.05, 3.63) is 0 Å². The van der Waals surface area contributed by atoms with Gasteiger partial charge >= 0.3 is 0 Å². The maximum Gasteiger partial charge on any atom is 0.0590 e. The van der Waals surface area contributed by atoms with Crippen LogP contribution in [0.4, 0.5) is 0 Å². The van der Waals surface area contributed by atoms with Gasteiger partial charge in [0.25, 0.3) is 0 Å². The van der Waals surface area contributed by atoms with Crippen LogP contribution in [-0.2, 0) is 15.5 Å². The molecule has 1 rings (SSSR count). The minimum Gasteiger partial charge on any atom is -0.378 e. The predicted molar refractivity (Wildman–Crippen MR) is 69.2 cm³/mol. The first kappa shape index (κ1) is 14.1. The average Bonchev–Trinajstić information content (AvgIpc) is 2.67. The molecule has 1 heterocycles. The molecule has 0 aromatic heterocycles. The second kappa shape index (κ2) is 7.41. The summed E-state index contributed by atoms with van der Waals surface area (Å²) in [5, 5.41) is 3.55. The Morgan fingerprint density at radius 2 is 2.19 bits per heavy atom. The quantitative estimate of drug-likeness (QED) is 0.744. The normalized spacial score (nSPS) is 26.6. The van der Waals surface area contributed by atoms with E-state index in [2.05, 4.69) is 19.2 Å². The van der Waals surface area contributed by atoms with Crippen molar-refractivity contribution < 1.29 is 8.95 Å². The Kier molecular flexibility index (Phi) is 6.54. The molecule has 0 aromatic rings. The largest absolute Gasteiger partial charge is 0.378 e. The molecule has 0 aliphatic carbocycles. The summed E-state index contributed by atoms with van der Waals surface area (Å²) < 4.78 is 16.6. The molecule has 1 aliphatic heterocycles. The van der Waals surface area contributed by atoms with E-state index in [-0.39, 0.29) is 0 Å². The summed E-state index contributed by atoms with van der Waals surface area (Å²) in [6.45, 7) is 5.31. The highest BCUT2D eigenvalue weighted by molar-refractivity contribution is 7.84. The van der Waals surface area contributed by atoms with E-state index in [1.54, 1.807) is 6.26 Å². The maximum atomic E-state index is 11.0. The number of hydrogen-bond acceptors (Lipinski definition) is 3. The second-order valence-corrected chi connectivity index (χ2v) is 6.46. The molecule has 0 bridgehead atoms. The molecular weight excluding hydrogens is 222 g/mol. The zero-order chi connectivity index (χ0) is 12.0. The van der Waals surface area contributed by atoms with Crippen molar-refractivity contribution in [3.8, 4) is 0 Å². The fourth-order valence-corrected chi connectivity index (χ4v) is 2.89. The second-order valence-electron chi connectivity index (χ2n) is 4.91. The van der Waals surface area contributed by atoms with Crippen molar-refractivity contribution in [1.82, 2.24) is 5.32 Å². The minimum absolute atomic E-state index is 0.445. The maximum absolute atomic E-state index is 11.0. The standard InChI is InChI=1S/C12H25NO2S/c1-10(6-8-16(3)14)13-11(2)9-12-5-4-7-15-12/h10-13H,4-9H2,1-3H3. The van der Waals surface area contributed by atoms with E-state index in [1.807, 2.05) is 0 Å². The molecule has 0 saturated carbocycles. The summed E-state index contributed by atoms with van der Waals surface area (Å²) in [5.41, 5.74) is 0. The number of nitrogens with one attached hydrogen (secondary N) is 1. The zero-order valence-electron chi connectivity index (χ0n) is 10.7. The van der Waals surface area contributed by atoms with E-state index >= 15 is 0 Å². The first-order chi connectivity index (χ1) is 7.58. The molecule has 1 N–H and O–H groups in total. The van der Waals surface area contributed by atoms with Crippen LogP contribution in [-0.4, -0.2) is 41.0 Å². The van der Waals surface area contributed by atoms with Gasteiger partial charge in [0.2, 0.25) is 0 Å². The van der Waals surface area contributed by atoms with Crippen LogP contribution < -0.4 is 5.32 Å². The van der Waals surface area contributed by atoms with Crippen LogP contribution in [0.5, 0.6) is 0 Å². The number of rotatable bonds is 7. The lowest BCUT2D eigenvalue weighted by molar-refractivity contribution is 0.0952. The van der Waals surface area contributed by atoms with E-state index in [1.165, 1.54) is 12.8 Å². The van der Waals surface area contributed by atoms with Crippen molar-refractivity contribution in [2.45, 2.75) is 57.7 Å². The third kappa shape index (κ3) is 5.97. The molecular formula is C12H25NO2S. The molecule has 1 aliphatic rings. The summed E-state index contributed by atoms with van der Waals surface area (Å²) >= 11 is 0. The van der Waals surface area contributed by atoms with Gasteiger partial charge in [-0.3, -0.25) is 4.21 Å². The average molecular weight is 247 g/mol. The van der Waals surface area contributed by atoms with E-state index in [4.69, 9.17) is 4.74 Å². The first-order valence-corrected chi connectivity index (χ1v) is 7.98. The Balaban J connectivity index is 2.11. The SMILES string of the molecule is CC(CCS(C)=O)NC(C)CC1CCCO1. The van der Waals surface area contributed by atoms with Crippen LogP contribution in [0.3, 0.4) is 0 Å². The summed E-state index contributed by atoms with van der Waals surface area (Å²) in [4.78, 5) is 0. The summed E-state index contributed by atoms with van der Waals surface area (Å²) in [5.74, 6) is 0.792. The molecule has 4 heteroatoms. The lowest BCUT2D eigenvalue weighted by Gasteiger charge is -2.22. The first-order valence-electron chi connectivity index (χ1n) is 6.25. The summed E-state index contributed by atoms with van der Waals surface area (Å²) in [7, 11) is -0.670. The molecule has 4 atom stereocenters. The van der Waals surface area contributed by atoms with Gasteiger partial charge in [0.05, 0.1) is 6.10 Å². The highest BCUT2D eigenvalue weighted by Crippen LogP contribution is 2.17. The Morgan fingerprint density at radius 1 is 1.44 bits per heavy atom. The molecule has 1 fully saturated rings. The molecule has 1 saturated heterocycles. The number of hydrogen-bond donors (Lipinski definition) is 1. The lowest BCUT2D eigenvalue weighted by Crippen LogP contribution is -2.37. The molecule has 16 heavy (non-hydrogen) atoms. The van der Waals surface area contributed by atoms with E-state index in [0.29, 0.717) is 18.2 Å². The highest BCUT2D eigenvalue weighted by Gasteiger charge is 2.19. The summed E-state index contributed by atoms with van der Waals surface area (Å²) in [6, 6.07) is 0.934. The van der Waals surface area contributed by atoms with Crippen molar-refractivity contribution in [2.75, 3.05) is 18.6 Å². The summed E-state index contributed by atoms with van der Waals surface area (Å²) in [6.07, 6.45) is 6.72. The molecule has 0 amide bonds. The van der Waals surface area contributed by atoms with Gasteiger partial charge in [0, 0.05) is 41.5 Å². The Hall–Kier alpha value is 0.0700. The molecule has 3 nitrogen and oxygen atoms in total. The van der Waals surface area contributed by atoms with Crippen LogP contribution in [0.15, 0.2) is 0 Å². The van der Waals surface area contributed by atoms with Gasteiger partial charge in [-0.1, -0.05) is 0 Å². The fraction of sp³-hybridized carbons (Fsp3) is 1.00. The fourth-order valence-electron chi connectivity index (χ4n) is 2.20. The minimum atomic E-state index is -0.670. The topological polar surface area (TPSA) is 38.3 Å². The lowest BCUT2D eigenvalue weighted by atomic mass is 10.1. The van der Waals surface area contributed by atoms with Crippen molar-refractivity contribution >= 4 is 10.8 Å². The molecule has 0 radical (unpaired) electrons. The van der Waals surface area contributed by atoms with E-state index in [0.717, 1.165) is 25.2 Å². The van der Waals surface area contributed by atoms with Crippen LogP contribution in [0.2, 0.25) is 0 Å². The van der Waals surface area contributed by atoms with Crippen LogP contribution >= 0.6 is 0 Å². The van der Waals surface area contributed by atoms with Gasteiger partial charge in [-0.25, -0.2) is 0 Å². The van der Waals surface area contributed by atoms with Crippen LogP contribution in [0.1, 0.15) is 39.5 Å². The Morgan fingerprint density at radius 3 is 2.75 bits per heavy atom. The van der Waals surface area contributed by atoms with E-state index < -0.39 is 10.8 Å². The van der Waals surface area contributed by atoms with Crippen LogP contribution in [0, 0.1) is 0 Å². The third-order valence-corrected chi connectivity index (χ3v) is 3.86. The van der Waals surface area contributed by atoms with Gasteiger partial charge in [-0.05, 0) is 39.5 Å². The Bertz CT molecular complexity index is 217. The molecule has 96 valence electrons. The van der Waals surface area contributed by atoms with Gasteiger partial charge in [0.15, 0.2) is 0 Å². The monoisotopic (exact) mass is 247 g/mol. The highest BCUT2D eigenvalue weighted by atomic mass is 32.2. The molecule has 0 aromatic carbocycles. The van der Waals surface area contributed by atoms with Gasteiger partial charge < -0.3 is 10.1 Å². The number of ether oxygens (including phenoxy) is 1. The Labute approximate surface area is 102 Å². The van der Waals surface area contributed by atoms with E-state index in [9.17, 15) is 4.21 Å². The molecule has 0 spiro atoms. The van der Waals surface area contributed by atoms with Gasteiger partial charge in [-0.2, -0.15) is 0 Å². The van der Waals surface area contributed by atoms with Crippen molar-refractivity contribution in [3.63, 3.8) is 0 Å².